The van der Waals surface area contributed by atoms with E-state index in [4.69, 9.17) is 13.3 Å². The Morgan fingerprint density at radius 1 is 1.05 bits per heavy atom. The molecule has 0 atom stereocenters. The topological polar surface area (TPSA) is 57.1 Å². The van der Waals surface area contributed by atoms with Crippen LogP contribution >= 0.6 is 0 Å². The van der Waals surface area contributed by atoms with Crippen LogP contribution in [0, 0.1) is 5.92 Å². The van der Waals surface area contributed by atoms with Gasteiger partial charge in [0.05, 0.1) is 12.1 Å². The number of hydrogen-bond donors (Lipinski definition) is 0. The first-order valence-corrected chi connectivity index (χ1v) is 10.0. The van der Waals surface area contributed by atoms with Crippen molar-refractivity contribution in [3.8, 4) is 0 Å². The van der Waals surface area contributed by atoms with Crippen molar-refractivity contribution >= 4 is 14.9 Å². The zero-order valence-corrected chi connectivity index (χ0v) is 16.4. The van der Waals surface area contributed by atoms with Crippen molar-refractivity contribution < 1.29 is 18.1 Å². The fraction of sp³-hybridized carbons (Fsp3) is 0.938. The van der Waals surface area contributed by atoms with Gasteiger partial charge in [0, 0.05) is 18.3 Å². The van der Waals surface area contributed by atoms with E-state index < -0.39 is 14.4 Å². The molecule has 0 aromatic carbocycles. The molecule has 0 N–H and O–H groups in total. The number of hydrogen-bond acceptors (Lipinski definition) is 5. The summed E-state index contributed by atoms with van der Waals surface area (Å²) in [6.45, 7) is 16.3. The van der Waals surface area contributed by atoms with Crippen LogP contribution < -0.4 is 0 Å². The molecule has 0 aliphatic carbocycles. The van der Waals surface area contributed by atoms with Crippen molar-refractivity contribution in [2.75, 3.05) is 6.54 Å². The van der Waals surface area contributed by atoms with Gasteiger partial charge in [0.15, 0.2) is 0 Å². The van der Waals surface area contributed by atoms with E-state index in [1.54, 1.807) is 6.08 Å². The van der Waals surface area contributed by atoms with Crippen molar-refractivity contribution in [3.05, 3.63) is 0 Å². The lowest BCUT2D eigenvalue weighted by molar-refractivity contribution is -0.0339. The van der Waals surface area contributed by atoms with E-state index in [0.29, 0.717) is 5.92 Å². The van der Waals surface area contributed by atoms with Crippen LogP contribution in [0.5, 0.6) is 0 Å². The minimum Gasteiger partial charge on any atom is -0.371 e. The van der Waals surface area contributed by atoms with Crippen molar-refractivity contribution in [1.29, 1.82) is 0 Å². The van der Waals surface area contributed by atoms with Gasteiger partial charge in [-0.05, 0) is 53.9 Å². The summed E-state index contributed by atoms with van der Waals surface area (Å²) in [7, 11) is -2.86. The molecule has 5 nitrogen and oxygen atoms in total. The fourth-order valence-electron chi connectivity index (χ4n) is 2.10. The molecule has 0 unspecified atom stereocenters. The third kappa shape index (κ3) is 9.49. The second-order valence-electron chi connectivity index (χ2n) is 7.22. The van der Waals surface area contributed by atoms with Crippen LogP contribution in [0.2, 0.25) is 6.04 Å². The molecular formula is C16H33NO4Si. The van der Waals surface area contributed by atoms with Crippen LogP contribution in [0.1, 0.15) is 61.8 Å². The molecule has 0 saturated carbocycles. The van der Waals surface area contributed by atoms with Crippen molar-refractivity contribution in [2.24, 2.45) is 10.9 Å². The highest BCUT2D eigenvalue weighted by Gasteiger charge is 2.47. The SMILES string of the molecule is CC(C)CC[Si](OC(C)C)(OC(C)C)OC(C)(C)CN=C=O. The molecule has 130 valence electrons. The summed E-state index contributed by atoms with van der Waals surface area (Å²) >= 11 is 0. The Morgan fingerprint density at radius 2 is 1.55 bits per heavy atom. The lowest BCUT2D eigenvalue weighted by Gasteiger charge is -2.39. The second kappa shape index (κ2) is 9.58. The number of rotatable bonds is 11. The molecule has 0 aromatic rings. The summed E-state index contributed by atoms with van der Waals surface area (Å²) in [6.07, 6.45) is 2.57. The van der Waals surface area contributed by atoms with Crippen LogP contribution in [0.25, 0.3) is 0 Å². The summed E-state index contributed by atoms with van der Waals surface area (Å²) < 4.78 is 18.7. The van der Waals surface area contributed by atoms with Gasteiger partial charge in [-0.3, -0.25) is 0 Å². The van der Waals surface area contributed by atoms with Crippen LogP contribution in [-0.4, -0.2) is 39.2 Å². The molecule has 0 aliphatic rings. The van der Waals surface area contributed by atoms with E-state index >= 15 is 0 Å². The van der Waals surface area contributed by atoms with Crippen LogP contribution in [0.15, 0.2) is 4.99 Å². The molecule has 6 heteroatoms. The van der Waals surface area contributed by atoms with E-state index in [1.165, 1.54) is 0 Å². The Hall–Kier alpha value is -0.523. The molecule has 0 rings (SSSR count). The standard InChI is InChI=1S/C16H33NO4Si/c1-13(2)9-10-22(19-14(3)4,20-15(5)6)21-16(7,8)11-17-12-18/h13-15H,9-11H2,1-8H3. The Balaban J connectivity index is 5.33. The molecule has 0 saturated heterocycles. The van der Waals surface area contributed by atoms with Gasteiger partial charge in [0.2, 0.25) is 6.08 Å². The Bertz CT molecular complexity index is 353. The predicted molar refractivity (Wildman–Crippen MR) is 90.6 cm³/mol. The lowest BCUT2D eigenvalue weighted by Crippen LogP contribution is -2.54. The van der Waals surface area contributed by atoms with Crippen LogP contribution in [-0.2, 0) is 18.1 Å². The maximum Gasteiger partial charge on any atom is 0.501 e. The first-order chi connectivity index (χ1) is 10.0. The average molecular weight is 332 g/mol. The van der Waals surface area contributed by atoms with Gasteiger partial charge >= 0.3 is 8.80 Å². The maximum atomic E-state index is 10.4. The monoisotopic (exact) mass is 331 g/mol. The first kappa shape index (κ1) is 21.5. The number of isocyanates is 1. The van der Waals surface area contributed by atoms with E-state index in [-0.39, 0.29) is 18.8 Å². The summed E-state index contributed by atoms with van der Waals surface area (Å²) in [5, 5.41) is 0. The third-order valence-corrected chi connectivity index (χ3v) is 6.24. The van der Waals surface area contributed by atoms with Gasteiger partial charge in [0.1, 0.15) is 0 Å². The summed E-state index contributed by atoms with van der Waals surface area (Å²) in [6, 6.07) is 0.759. The highest BCUT2D eigenvalue weighted by molar-refractivity contribution is 6.61. The van der Waals surface area contributed by atoms with Crippen molar-refractivity contribution in [1.82, 2.24) is 0 Å². The molecule has 0 spiro atoms. The number of nitrogens with zero attached hydrogens (tertiary/aromatic N) is 1. The highest BCUT2D eigenvalue weighted by Crippen LogP contribution is 2.29. The van der Waals surface area contributed by atoms with E-state index in [2.05, 4.69) is 18.8 Å². The van der Waals surface area contributed by atoms with Crippen molar-refractivity contribution in [2.45, 2.75) is 85.7 Å². The molecule has 0 aliphatic heterocycles. The fourth-order valence-corrected chi connectivity index (χ4v) is 5.87. The van der Waals surface area contributed by atoms with Gasteiger partial charge in [-0.15, -0.1) is 0 Å². The first-order valence-electron chi connectivity index (χ1n) is 8.11. The van der Waals surface area contributed by atoms with Gasteiger partial charge in [-0.2, -0.15) is 0 Å². The van der Waals surface area contributed by atoms with Crippen LogP contribution in [0.3, 0.4) is 0 Å². The van der Waals surface area contributed by atoms with Gasteiger partial charge in [0.25, 0.3) is 0 Å². The molecule has 22 heavy (non-hydrogen) atoms. The van der Waals surface area contributed by atoms with E-state index in [9.17, 15) is 4.79 Å². The number of carbonyl (C=O) groups excluding carboxylic acids is 1. The summed E-state index contributed by atoms with van der Waals surface area (Å²) in [5.74, 6) is 0.540. The zero-order valence-electron chi connectivity index (χ0n) is 15.4. The Labute approximate surface area is 136 Å². The molecule has 0 radical (unpaired) electrons. The van der Waals surface area contributed by atoms with Gasteiger partial charge in [-0.1, -0.05) is 13.8 Å². The summed E-state index contributed by atoms with van der Waals surface area (Å²) in [5.41, 5.74) is -0.621. The molecule has 0 fully saturated rings. The Kier molecular flexibility index (Phi) is 9.35. The quantitative estimate of drug-likeness (QED) is 0.327. The predicted octanol–water partition coefficient (Wildman–Crippen LogP) is 3.95. The van der Waals surface area contributed by atoms with E-state index in [1.807, 2.05) is 41.5 Å². The van der Waals surface area contributed by atoms with Gasteiger partial charge < -0.3 is 13.3 Å². The maximum absolute atomic E-state index is 10.4. The largest absolute Gasteiger partial charge is 0.501 e. The Morgan fingerprint density at radius 3 is 1.91 bits per heavy atom. The highest BCUT2D eigenvalue weighted by atomic mass is 28.4. The van der Waals surface area contributed by atoms with Crippen molar-refractivity contribution in [3.63, 3.8) is 0 Å². The zero-order chi connectivity index (χ0) is 17.4. The average Bonchev–Trinajstić information content (AvgIpc) is 2.31. The summed E-state index contributed by atoms with van der Waals surface area (Å²) in [4.78, 5) is 14.1. The molecule has 0 aromatic heterocycles. The smallest absolute Gasteiger partial charge is 0.371 e. The minimum absolute atomic E-state index is 0.0166. The molecular weight excluding hydrogens is 298 g/mol. The van der Waals surface area contributed by atoms with Gasteiger partial charge in [-0.25, -0.2) is 9.79 Å². The van der Waals surface area contributed by atoms with Crippen LogP contribution in [0.4, 0.5) is 0 Å². The minimum atomic E-state index is -2.86. The lowest BCUT2D eigenvalue weighted by atomic mass is 10.1. The third-order valence-electron chi connectivity index (χ3n) is 2.81. The molecule has 0 amide bonds. The second-order valence-corrected chi connectivity index (χ2v) is 9.76. The van der Waals surface area contributed by atoms with E-state index in [0.717, 1.165) is 12.5 Å². The molecule has 0 heterocycles. The number of aliphatic imine (C=N–C) groups is 1. The normalized spacial score (nSPS) is 13.0. The molecule has 0 bridgehead atoms.